The Labute approximate surface area is 162 Å². The standard InChI is InChI=1S/C20H24N4O2S/c1-13-2-5-18(23-22-13)24-9-7-20(8-10-24)15-12-17(19(25)21-14-3-4-14)27-16(15)6-11-26-20/h2,5,12,14H,3-4,6-11H2,1H3,(H,21,25). The quantitative estimate of drug-likeness (QED) is 0.881. The average Bonchev–Trinajstić information content (AvgIpc) is 3.38. The van der Waals surface area contributed by atoms with Crippen LogP contribution in [0.2, 0.25) is 0 Å². The van der Waals surface area contributed by atoms with E-state index in [4.69, 9.17) is 4.74 Å². The summed E-state index contributed by atoms with van der Waals surface area (Å²) < 4.78 is 6.33. The minimum absolute atomic E-state index is 0.0828. The highest BCUT2D eigenvalue weighted by Crippen LogP contribution is 2.45. The molecule has 1 aliphatic carbocycles. The minimum Gasteiger partial charge on any atom is -0.370 e. The van der Waals surface area contributed by atoms with Crippen molar-refractivity contribution in [3.63, 3.8) is 0 Å². The lowest BCUT2D eigenvalue weighted by Gasteiger charge is -2.44. The molecule has 0 aromatic carbocycles. The van der Waals surface area contributed by atoms with Gasteiger partial charge in [0.2, 0.25) is 0 Å². The van der Waals surface area contributed by atoms with Crippen LogP contribution in [0.5, 0.6) is 0 Å². The Kier molecular flexibility index (Phi) is 4.16. The summed E-state index contributed by atoms with van der Waals surface area (Å²) in [5.41, 5.74) is 1.92. The number of nitrogens with zero attached hydrogens (tertiary/aromatic N) is 3. The molecule has 2 aromatic rings. The van der Waals surface area contributed by atoms with Gasteiger partial charge >= 0.3 is 0 Å². The Balaban J connectivity index is 1.35. The van der Waals surface area contributed by atoms with Crippen LogP contribution < -0.4 is 10.2 Å². The number of carbonyl (C=O) groups excluding carboxylic acids is 1. The molecule has 1 N–H and O–H groups in total. The molecular weight excluding hydrogens is 360 g/mol. The van der Waals surface area contributed by atoms with Crippen LogP contribution in [0, 0.1) is 6.92 Å². The first kappa shape index (κ1) is 17.1. The highest BCUT2D eigenvalue weighted by molar-refractivity contribution is 7.14. The Bertz CT molecular complexity index is 851. The van der Waals surface area contributed by atoms with E-state index >= 15 is 0 Å². The normalized spacial score (nSPS) is 21.1. The molecular formula is C20H24N4O2S. The van der Waals surface area contributed by atoms with E-state index in [1.54, 1.807) is 11.3 Å². The fourth-order valence-corrected chi connectivity index (χ4v) is 5.22. The van der Waals surface area contributed by atoms with Crippen molar-refractivity contribution in [1.82, 2.24) is 15.5 Å². The summed E-state index contributed by atoms with van der Waals surface area (Å²) in [5.74, 6) is 1.01. The maximum Gasteiger partial charge on any atom is 0.261 e. The van der Waals surface area contributed by atoms with Gasteiger partial charge in [0, 0.05) is 30.4 Å². The van der Waals surface area contributed by atoms with Crippen molar-refractivity contribution in [2.75, 3.05) is 24.6 Å². The van der Waals surface area contributed by atoms with E-state index in [1.807, 2.05) is 19.1 Å². The molecule has 2 fully saturated rings. The van der Waals surface area contributed by atoms with Gasteiger partial charge in [0.25, 0.3) is 5.91 Å². The third-order valence-corrected chi connectivity index (χ3v) is 7.02. The summed E-state index contributed by atoms with van der Waals surface area (Å²) in [6.45, 7) is 4.46. The lowest BCUT2D eigenvalue weighted by atomic mass is 9.82. The van der Waals surface area contributed by atoms with Crippen molar-refractivity contribution >= 4 is 23.1 Å². The smallest absolute Gasteiger partial charge is 0.261 e. The first-order chi connectivity index (χ1) is 13.1. The second-order valence-corrected chi connectivity index (χ2v) is 8.94. The van der Waals surface area contributed by atoms with Gasteiger partial charge in [-0.15, -0.1) is 16.4 Å². The maximum atomic E-state index is 12.5. The van der Waals surface area contributed by atoms with E-state index in [0.717, 1.165) is 68.2 Å². The minimum atomic E-state index is -0.253. The average molecular weight is 385 g/mol. The van der Waals surface area contributed by atoms with Crippen molar-refractivity contribution in [3.05, 3.63) is 39.2 Å². The summed E-state index contributed by atoms with van der Waals surface area (Å²) in [6, 6.07) is 6.53. The number of ether oxygens (including phenoxy) is 1. The number of aromatic nitrogens is 2. The molecule has 0 bridgehead atoms. The lowest BCUT2D eigenvalue weighted by Crippen LogP contribution is -2.46. The molecule has 142 valence electrons. The largest absolute Gasteiger partial charge is 0.370 e. The third-order valence-electron chi connectivity index (χ3n) is 5.82. The zero-order valence-corrected chi connectivity index (χ0v) is 16.3. The number of fused-ring (bicyclic) bond motifs is 2. The zero-order chi connectivity index (χ0) is 18.4. The molecule has 3 aliphatic rings. The van der Waals surface area contributed by atoms with E-state index in [-0.39, 0.29) is 11.5 Å². The third kappa shape index (κ3) is 3.23. The summed E-state index contributed by atoms with van der Waals surface area (Å²) in [4.78, 5) is 16.9. The molecule has 0 unspecified atom stereocenters. The number of hydrogen-bond acceptors (Lipinski definition) is 6. The van der Waals surface area contributed by atoms with Crippen molar-refractivity contribution in [2.24, 2.45) is 0 Å². The van der Waals surface area contributed by atoms with Gasteiger partial charge in [-0.25, -0.2) is 0 Å². The van der Waals surface area contributed by atoms with Gasteiger partial charge in [-0.05, 0) is 56.4 Å². The van der Waals surface area contributed by atoms with Crippen LogP contribution in [0.15, 0.2) is 18.2 Å². The predicted octanol–water partition coefficient (Wildman–Crippen LogP) is 2.81. The van der Waals surface area contributed by atoms with E-state index in [1.165, 1.54) is 10.4 Å². The van der Waals surface area contributed by atoms with E-state index in [9.17, 15) is 4.79 Å². The summed E-state index contributed by atoms with van der Waals surface area (Å²) >= 11 is 1.65. The highest BCUT2D eigenvalue weighted by Gasteiger charge is 2.42. The van der Waals surface area contributed by atoms with Crippen molar-refractivity contribution in [3.8, 4) is 0 Å². The monoisotopic (exact) mass is 384 g/mol. The van der Waals surface area contributed by atoms with Crippen molar-refractivity contribution in [2.45, 2.75) is 50.7 Å². The molecule has 0 radical (unpaired) electrons. The molecule has 5 rings (SSSR count). The number of aryl methyl sites for hydroxylation is 1. The van der Waals surface area contributed by atoms with Gasteiger partial charge in [0.05, 0.1) is 22.8 Å². The molecule has 2 aromatic heterocycles. The molecule has 1 spiro atoms. The predicted molar refractivity (Wildman–Crippen MR) is 104 cm³/mol. The van der Waals surface area contributed by atoms with Gasteiger partial charge in [-0.1, -0.05) is 0 Å². The Morgan fingerprint density at radius 1 is 1.30 bits per heavy atom. The lowest BCUT2D eigenvalue weighted by molar-refractivity contribution is -0.0757. The molecule has 4 heterocycles. The highest BCUT2D eigenvalue weighted by atomic mass is 32.1. The summed E-state index contributed by atoms with van der Waals surface area (Å²) in [6.07, 6.45) is 4.96. The molecule has 1 amide bonds. The molecule has 0 atom stereocenters. The van der Waals surface area contributed by atoms with E-state index < -0.39 is 0 Å². The topological polar surface area (TPSA) is 67.3 Å². The molecule has 6 nitrogen and oxygen atoms in total. The second kappa shape index (κ2) is 6.56. The van der Waals surface area contributed by atoms with Crippen LogP contribution in [0.3, 0.4) is 0 Å². The van der Waals surface area contributed by atoms with Crippen LogP contribution in [0.25, 0.3) is 0 Å². The summed E-state index contributed by atoms with van der Waals surface area (Å²) in [5, 5.41) is 11.6. The van der Waals surface area contributed by atoms with Gasteiger partial charge in [-0.3, -0.25) is 4.79 Å². The van der Waals surface area contributed by atoms with Gasteiger partial charge in [-0.2, -0.15) is 5.10 Å². The molecule has 1 saturated heterocycles. The number of piperidine rings is 1. The first-order valence-corrected chi connectivity index (χ1v) is 10.6. The second-order valence-electron chi connectivity index (χ2n) is 7.81. The molecule has 2 aliphatic heterocycles. The SMILES string of the molecule is Cc1ccc(N2CCC3(CC2)OCCc2sc(C(=O)NC4CC4)cc23)nn1. The fourth-order valence-electron chi connectivity index (χ4n) is 4.08. The number of carbonyl (C=O) groups is 1. The summed E-state index contributed by atoms with van der Waals surface area (Å²) in [7, 11) is 0. The zero-order valence-electron chi connectivity index (χ0n) is 15.5. The Morgan fingerprint density at radius 3 is 2.81 bits per heavy atom. The number of rotatable bonds is 3. The van der Waals surface area contributed by atoms with Crippen LogP contribution in [-0.4, -0.2) is 41.8 Å². The Morgan fingerprint density at radius 2 is 2.11 bits per heavy atom. The van der Waals surface area contributed by atoms with E-state index in [0.29, 0.717) is 6.04 Å². The first-order valence-electron chi connectivity index (χ1n) is 9.76. The molecule has 1 saturated carbocycles. The number of thiophene rings is 1. The number of amides is 1. The van der Waals surface area contributed by atoms with Gasteiger partial charge in [0.15, 0.2) is 5.82 Å². The van der Waals surface area contributed by atoms with Crippen LogP contribution in [-0.2, 0) is 16.8 Å². The number of hydrogen-bond donors (Lipinski definition) is 1. The van der Waals surface area contributed by atoms with Crippen LogP contribution in [0.4, 0.5) is 5.82 Å². The van der Waals surface area contributed by atoms with Gasteiger partial charge in [0.1, 0.15) is 0 Å². The van der Waals surface area contributed by atoms with Gasteiger partial charge < -0.3 is 15.0 Å². The van der Waals surface area contributed by atoms with Crippen molar-refractivity contribution in [1.29, 1.82) is 0 Å². The number of nitrogens with one attached hydrogen (secondary N) is 1. The maximum absolute atomic E-state index is 12.5. The Hall–Kier alpha value is -1.99. The van der Waals surface area contributed by atoms with Crippen molar-refractivity contribution < 1.29 is 9.53 Å². The molecule has 27 heavy (non-hydrogen) atoms. The van der Waals surface area contributed by atoms with E-state index in [2.05, 4.69) is 26.5 Å². The fraction of sp³-hybridized carbons (Fsp3) is 0.550. The van der Waals surface area contributed by atoms with Crippen LogP contribution >= 0.6 is 11.3 Å². The van der Waals surface area contributed by atoms with Crippen LogP contribution in [0.1, 0.15) is 51.5 Å². The number of anilines is 1. The molecule has 7 heteroatoms.